The predicted octanol–water partition coefficient (Wildman–Crippen LogP) is 10.2. The van der Waals surface area contributed by atoms with Gasteiger partial charge in [0.25, 0.3) is 5.60 Å². The number of alkyl halides is 6. The molecule has 4 atom stereocenters. The van der Waals surface area contributed by atoms with Crippen molar-refractivity contribution in [3.8, 4) is 0 Å². The van der Waals surface area contributed by atoms with E-state index in [0.29, 0.717) is 32.1 Å². The molecule has 0 unspecified atom stereocenters. The van der Waals surface area contributed by atoms with Gasteiger partial charge in [-0.25, -0.2) is 0 Å². The number of hydrogen-bond donors (Lipinski definition) is 0. The van der Waals surface area contributed by atoms with Gasteiger partial charge in [-0.3, -0.25) is 4.79 Å². The lowest BCUT2D eigenvalue weighted by molar-refractivity contribution is -0.340. The molecule has 2 fully saturated rings. The number of Topliss-reactive ketones (excluding diaryl/α,β-unsaturated/α-hetero) is 1. The SMILES string of the molecule is [2H]C([2H])([2H])C(CCC[C@](C)(CC=CC(O[Si](C)(C)C)(C(F)(F)F)C(F)(F)F)[C@H]1CC[C@H]2C(=O)CCC[C@]12C)(O[Si](C)(C)C)C([2H])([2H])[2H]. The summed E-state index contributed by atoms with van der Waals surface area (Å²) in [6, 6.07) is 0. The fourth-order valence-electron chi connectivity index (χ4n) is 7.29. The molecule has 2 aliphatic rings. The van der Waals surface area contributed by atoms with Crippen LogP contribution in [-0.2, 0) is 13.6 Å². The third kappa shape index (κ3) is 8.72. The minimum absolute atomic E-state index is 0.0358. The highest BCUT2D eigenvalue weighted by molar-refractivity contribution is 6.70. The van der Waals surface area contributed by atoms with Crippen molar-refractivity contribution in [2.75, 3.05) is 0 Å². The van der Waals surface area contributed by atoms with Crippen molar-refractivity contribution >= 4 is 22.4 Å². The van der Waals surface area contributed by atoms with Gasteiger partial charge >= 0.3 is 12.4 Å². The highest BCUT2D eigenvalue weighted by Crippen LogP contribution is 2.62. The van der Waals surface area contributed by atoms with Gasteiger partial charge in [-0.1, -0.05) is 26.3 Å². The fourth-order valence-corrected chi connectivity index (χ4v) is 9.70. The molecule has 0 saturated heterocycles. The number of halogens is 6. The van der Waals surface area contributed by atoms with E-state index < -0.39 is 71.1 Å². The molecule has 0 N–H and O–H groups in total. The van der Waals surface area contributed by atoms with E-state index in [1.807, 2.05) is 6.92 Å². The van der Waals surface area contributed by atoms with Crippen LogP contribution in [0.15, 0.2) is 12.2 Å². The van der Waals surface area contributed by atoms with Gasteiger partial charge < -0.3 is 8.85 Å². The molecule has 0 amide bonds. The third-order valence-corrected chi connectivity index (χ3v) is 10.6. The average molecular weight is 637 g/mol. The first kappa shape index (κ1) is 27.9. The van der Waals surface area contributed by atoms with Crippen LogP contribution in [0, 0.1) is 22.7 Å². The Hall–Kier alpha value is -0.656. The second kappa shape index (κ2) is 12.0. The van der Waals surface area contributed by atoms with Crippen LogP contribution in [0.25, 0.3) is 0 Å². The summed E-state index contributed by atoms with van der Waals surface area (Å²) < 4.78 is 146. The Morgan fingerprint density at radius 3 is 2.00 bits per heavy atom. The second-order valence-electron chi connectivity index (χ2n) is 14.6. The van der Waals surface area contributed by atoms with Gasteiger partial charge in [0.05, 0.1) is 5.60 Å². The van der Waals surface area contributed by atoms with E-state index in [-0.39, 0.29) is 43.0 Å². The molecule has 3 nitrogen and oxygen atoms in total. The number of carbonyl (C=O) groups excluding carboxylic acids is 1. The Kier molecular flexibility index (Phi) is 8.17. The summed E-state index contributed by atoms with van der Waals surface area (Å²) in [6.07, 6.45) is -8.65. The van der Waals surface area contributed by atoms with Crippen LogP contribution >= 0.6 is 0 Å². The normalized spacial score (nSPS) is 29.7. The molecular formula is C30H52F6O3Si2. The number of carbonyl (C=O) groups is 1. The van der Waals surface area contributed by atoms with E-state index in [4.69, 9.17) is 17.1 Å². The largest absolute Gasteiger partial charge is 0.429 e. The van der Waals surface area contributed by atoms with Gasteiger partial charge in [0.15, 0.2) is 16.6 Å². The number of ketones is 1. The minimum Gasteiger partial charge on any atom is -0.413 e. The van der Waals surface area contributed by atoms with Crippen LogP contribution < -0.4 is 0 Å². The molecule has 2 rings (SSSR count). The van der Waals surface area contributed by atoms with Crippen LogP contribution in [0.1, 0.15) is 93.6 Å². The number of allylic oxidation sites excluding steroid dienone is 1. The topological polar surface area (TPSA) is 35.5 Å². The quantitative estimate of drug-likeness (QED) is 0.121. The number of hydrogen-bond acceptors (Lipinski definition) is 3. The highest BCUT2D eigenvalue weighted by Gasteiger charge is 2.71. The molecule has 240 valence electrons. The Labute approximate surface area is 253 Å². The van der Waals surface area contributed by atoms with E-state index in [9.17, 15) is 31.1 Å². The molecule has 0 aromatic carbocycles. The number of rotatable bonds is 12. The first-order valence-corrected chi connectivity index (χ1v) is 21.2. The van der Waals surface area contributed by atoms with Crippen molar-refractivity contribution in [1.82, 2.24) is 0 Å². The first-order valence-electron chi connectivity index (χ1n) is 17.4. The zero-order valence-corrected chi connectivity index (χ0v) is 27.7. The monoisotopic (exact) mass is 636 g/mol. The van der Waals surface area contributed by atoms with Gasteiger partial charge in [0.2, 0.25) is 0 Å². The maximum Gasteiger partial charge on any atom is 0.429 e. The van der Waals surface area contributed by atoms with Crippen molar-refractivity contribution in [2.24, 2.45) is 22.7 Å². The Bertz CT molecular complexity index is 1120. The van der Waals surface area contributed by atoms with Gasteiger partial charge in [0, 0.05) is 20.6 Å². The molecule has 0 aliphatic heterocycles. The maximum absolute atomic E-state index is 14.3. The van der Waals surface area contributed by atoms with Crippen molar-refractivity contribution < 1.29 is 48.2 Å². The van der Waals surface area contributed by atoms with Gasteiger partial charge in [-0.15, -0.1) is 0 Å². The standard InChI is InChI=1S/C30H52F6O3Si2/c1-25(2,38-40(5,6)7)17-12-18-26(3,24-16-15-22-23(37)14-11-20-27(22,24)4)19-13-21-28(29(31,32)33,30(34,35)36)39-41(8,9)10/h13,21-22,24H,11-12,14-20H2,1-10H3/t22-,24+,26+,27-/m0/s1/i1D3,2D3. The van der Waals surface area contributed by atoms with Crippen molar-refractivity contribution in [3.05, 3.63) is 12.2 Å². The third-order valence-electron chi connectivity index (χ3n) is 8.71. The summed E-state index contributed by atoms with van der Waals surface area (Å²) in [5, 5.41) is 0. The zero-order chi connectivity index (χ0) is 36.9. The van der Waals surface area contributed by atoms with Crippen LogP contribution in [0.4, 0.5) is 26.3 Å². The fraction of sp³-hybridized carbons (Fsp3) is 0.900. The predicted molar refractivity (Wildman–Crippen MR) is 157 cm³/mol. The van der Waals surface area contributed by atoms with Crippen LogP contribution in [0.3, 0.4) is 0 Å². The summed E-state index contributed by atoms with van der Waals surface area (Å²) in [5.74, 6) is -0.530. The van der Waals surface area contributed by atoms with E-state index in [0.717, 1.165) is 6.08 Å². The summed E-state index contributed by atoms with van der Waals surface area (Å²) in [7, 11) is -6.19. The molecule has 2 aliphatic carbocycles. The van der Waals surface area contributed by atoms with Gasteiger partial charge in [0.1, 0.15) is 5.78 Å². The highest BCUT2D eigenvalue weighted by atomic mass is 28.4. The molecule has 0 bridgehead atoms. The van der Waals surface area contributed by atoms with Crippen molar-refractivity contribution in [2.45, 2.75) is 148 Å². The second-order valence-corrected chi connectivity index (χ2v) is 23.5. The molecule has 0 aromatic rings. The molecule has 0 heterocycles. The molecule has 2 saturated carbocycles. The van der Waals surface area contributed by atoms with Crippen LogP contribution in [-0.4, -0.2) is 46.0 Å². The lowest BCUT2D eigenvalue weighted by atomic mass is 9.56. The smallest absolute Gasteiger partial charge is 0.413 e. The molecule has 0 spiro atoms. The Morgan fingerprint density at radius 1 is 0.951 bits per heavy atom. The minimum atomic E-state index is -5.81. The average Bonchev–Trinajstić information content (AvgIpc) is 3.17. The van der Waals surface area contributed by atoms with E-state index in [1.165, 1.54) is 19.6 Å². The molecule has 0 aromatic heterocycles. The van der Waals surface area contributed by atoms with Crippen molar-refractivity contribution in [1.29, 1.82) is 0 Å². The molecular weight excluding hydrogens is 578 g/mol. The first-order chi connectivity index (χ1) is 20.7. The number of fused-ring (bicyclic) bond motifs is 1. The van der Waals surface area contributed by atoms with E-state index in [2.05, 4.69) is 0 Å². The Morgan fingerprint density at radius 2 is 1.51 bits per heavy atom. The van der Waals surface area contributed by atoms with E-state index in [1.54, 1.807) is 26.6 Å². The molecule has 11 heteroatoms. The van der Waals surface area contributed by atoms with Gasteiger partial charge in [-0.05, 0) is 121 Å². The molecule has 41 heavy (non-hydrogen) atoms. The lowest BCUT2D eigenvalue weighted by Crippen LogP contribution is -2.61. The maximum atomic E-state index is 14.3. The van der Waals surface area contributed by atoms with Crippen LogP contribution in [0.5, 0.6) is 0 Å². The Balaban J connectivity index is 2.65. The summed E-state index contributed by atoms with van der Waals surface area (Å²) in [5.41, 5.74) is -8.64. The van der Waals surface area contributed by atoms with Crippen molar-refractivity contribution in [3.63, 3.8) is 0 Å². The summed E-state index contributed by atoms with van der Waals surface area (Å²) in [6.45, 7) is 6.30. The summed E-state index contributed by atoms with van der Waals surface area (Å²) >= 11 is 0. The van der Waals surface area contributed by atoms with Crippen LogP contribution in [0.2, 0.25) is 39.3 Å². The summed E-state index contributed by atoms with van der Waals surface area (Å²) in [4.78, 5) is 12.9. The lowest BCUT2D eigenvalue weighted by Gasteiger charge is -2.48. The van der Waals surface area contributed by atoms with E-state index >= 15 is 0 Å². The van der Waals surface area contributed by atoms with Gasteiger partial charge in [-0.2, -0.15) is 26.3 Å². The molecule has 0 radical (unpaired) electrons. The zero-order valence-electron chi connectivity index (χ0n) is 31.7.